The SMILES string of the molecule is CC(C)CCC[C@@H](C)NC(=O)Cn1nccc1[N+](=O)[O-]. The lowest BCUT2D eigenvalue weighted by Gasteiger charge is -2.13. The second-order valence-corrected chi connectivity index (χ2v) is 5.40. The van der Waals surface area contributed by atoms with Gasteiger partial charge in [0.15, 0.2) is 6.54 Å². The highest BCUT2D eigenvalue weighted by Gasteiger charge is 2.18. The minimum absolute atomic E-state index is 0.0656. The van der Waals surface area contributed by atoms with E-state index >= 15 is 0 Å². The molecule has 1 aromatic rings. The third-order valence-corrected chi connectivity index (χ3v) is 3.00. The molecule has 0 aliphatic carbocycles. The first-order valence-corrected chi connectivity index (χ1v) is 6.85. The van der Waals surface area contributed by atoms with E-state index in [1.165, 1.54) is 12.3 Å². The highest BCUT2D eigenvalue weighted by atomic mass is 16.6. The molecule has 0 unspecified atom stereocenters. The number of aromatic nitrogens is 2. The second-order valence-electron chi connectivity index (χ2n) is 5.40. The standard InChI is InChI=1S/C13H22N4O3/c1-10(2)5-4-6-11(3)15-12(18)9-16-13(17(19)20)7-8-14-16/h7-8,10-11H,4-6,9H2,1-3H3,(H,15,18)/t11-/m1/s1. The van der Waals surface area contributed by atoms with Crippen LogP contribution >= 0.6 is 0 Å². The van der Waals surface area contributed by atoms with Gasteiger partial charge in [-0.05, 0) is 24.2 Å². The number of carbonyl (C=O) groups is 1. The number of amides is 1. The first kappa shape index (κ1) is 16.1. The van der Waals surface area contributed by atoms with Crippen LogP contribution in [0.1, 0.15) is 40.0 Å². The lowest BCUT2D eigenvalue weighted by Crippen LogP contribution is -2.35. The van der Waals surface area contributed by atoms with Gasteiger partial charge in [-0.2, -0.15) is 0 Å². The van der Waals surface area contributed by atoms with Crippen molar-refractivity contribution in [2.75, 3.05) is 0 Å². The minimum atomic E-state index is -0.549. The van der Waals surface area contributed by atoms with Gasteiger partial charge in [0.25, 0.3) is 5.91 Å². The van der Waals surface area contributed by atoms with Crippen molar-refractivity contribution in [3.8, 4) is 0 Å². The molecule has 7 heteroatoms. The van der Waals surface area contributed by atoms with Crippen molar-refractivity contribution in [1.82, 2.24) is 15.1 Å². The number of carbonyl (C=O) groups excluding carboxylic acids is 1. The summed E-state index contributed by atoms with van der Waals surface area (Å²) >= 11 is 0. The molecule has 0 spiro atoms. The van der Waals surface area contributed by atoms with Crippen molar-refractivity contribution in [2.45, 2.75) is 52.6 Å². The molecule has 112 valence electrons. The summed E-state index contributed by atoms with van der Waals surface area (Å²) in [5.41, 5.74) is 0. The van der Waals surface area contributed by atoms with Gasteiger partial charge in [0.05, 0.1) is 12.3 Å². The van der Waals surface area contributed by atoms with Crippen molar-refractivity contribution < 1.29 is 9.72 Å². The number of nitro groups is 1. The van der Waals surface area contributed by atoms with Crippen LogP contribution in [0.4, 0.5) is 5.82 Å². The third-order valence-electron chi connectivity index (χ3n) is 3.00. The van der Waals surface area contributed by atoms with Crippen LogP contribution in [0.2, 0.25) is 0 Å². The van der Waals surface area contributed by atoms with E-state index in [0.29, 0.717) is 5.92 Å². The Balaban J connectivity index is 2.39. The minimum Gasteiger partial charge on any atom is -0.358 e. The van der Waals surface area contributed by atoms with Crippen LogP contribution in [0.5, 0.6) is 0 Å². The molecular weight excluding hydrogens is 260 g/mol. The number of hydrogen-bond donors (Lipinski definition) is 1. The molecule has 0 saturated heterocycles. The van der Waals surface area contributed by atoms with E-state index in [0.717, 1.165) is 23.9 Å². The van der Waals surface area contributed by atoms with E-state index in [-0.39, 0.29) is 24.3 Å². The maximum Gasteiger partial charge on any atom is 0.345 e. The highest BCUT2D eigenvalue weighted by Crippen LogP contribution is 2.10. The molecule has 0 bridgehead atoms. The molecule has 1 amide bonds. The van der Waals surface area contributed by atoms with Crippen LogP contribution in [-0.2, 0) is 11.3 Å². The predicted molar refractivity (Wildman–Crippen MR) is 75.2 cm³/mol. The van der Waals surface area contributed by atoms with Gasteiger partial charge >= 0.3 is 5.82 Å². The van der Waals surface area contributed by atoms with Gasteiger partial charge in [0, 0.05) is 6.04 Å². The van der Waals surface area contributed by atoms with Crippen LogP contribution < -0.4 is 5.32 Å². The van der Waals surface area contributed by atoms with Crippen molar-refractivity contribution >= 4 is 11.7 Å². The summed E-state index contributed by atoms with van der Waals surface area (Å²) in [5, 5.41) is 17.3. The zero-order valence-electron chi connectivity index (χ0n) is 12.2. The Morgan fingerprint density at radius 3 is 2.75 bits per heavy atom. The molecule has 7 nitrogen and oxygen atoms in total. The number of rotatable bonds is 8. The number of nitrogens with zero attached hydrogens (tertiary/aromatic N) is 3. The second kappa shape index (κ2) is 7.62. The molecule has 20 heavy (non-hydrogen) atoms. The Hall–Kier alpha value is -1.92. The van der Waals surface area contributed by atoms with Crippen molar-refractivity contribution in [3.63, 3.8) is 0 Å². The molecule has 1 N–H and O–H groups in total. The maximum absolute atomic E-state index is 11.8. The molecule has 0 aromatic carbocycles. The fourth-order valence-electron chi connectivity index (χ4n) is 1.96. The average Bonchev–Trinajstić information content (AvgIpc) is 2.76. The number of nitrogens with one attached hydrogen (secondary N) is 1. The Bertz CT molecular complexity index is 456. The van der Waals surface area contributed by atoms with Crippen LogP contribution in [-0.4, -0.2) is 26.7 Å². The normalized spacial score (nSPS) is 12.4. The van der Waals surface area contributed by atoms with Crippen LogP contribution in [0.3, 0.4) is 0 Å². The van der Waals surface area contributed by atoms with E-state index in [4.69, 9.17) is 0 Å². The van der Waals surface area contributed by atoms with Crippen LogP contribution in [0, 0.1) is 16.0 Å². The molecule has 0 aliphatic heterocycles. The van der Waals surface area contributed by atoms with Crippen LogP contribution in [0.15, 0.2) is 12.3 Å². The van der Waals surface area contributed by atoms with Gasteiger partial charge in [0.2, 0.25) is 0 Å². The average molecular weight is 282 g/mol. The first-order chi connectivity index (χ1) is 9.40. The van der Waals surface area contributed by atoms with E-state index in [1.807, 2.05) is 6.92 Å². The zero-order chi connectivity index (χ0) is 15.1. The largest absolute Gasteiger partial charge is 0.358 e. The predicted octanol–water partition coefficient (Wildman–Crippen LogP) is 2.12. The monoisotopic (exact) mass is 282 g/mol. The van der Waals surface area contributed by atoms with Crippen LogP contribution in [0.25, 0.3) is 0 Å². The van der Waals surface area contributed by atoms with Crippen molar-refractivity contribution in [3.05, 3.63) is 22.4 Å². The molecule has 0 fully saturated rings. The van der Waals surface area contributed by atoms with E-state index < -0.39 is 4.92 Å². The molecular formula is C13H22N4O3. The molecule has 0 saturated carbocycles. The van der Waals surface area contributed by atoms with Gasteiger partial charge < -0.3 is 15.4 Å². The lowest BCUT2D eigenvalue weighted by atomic mass is 10.0. The van der Waals surface area contributed by atoms with Gasteiger partial charge in [-0.3, -0.25) is 4.79 Å². The fraction of sp³-hybridized carbons (Fsp3) is 0.692. The summed E-state index contributed by atoms with van der Waals surface area (Å²) in [6, 6.07) is 1.34. The Morgan fingerprint density at radius 1 is 1.45 bits per heavy atom. The highest BCUT2D eigenvalue weighted by molar-refractivity contribution is 5.76. The summed E-state index contributed by atoms with van der Waals surface area (Å²) in [6.07, 6.45) is 4.41. The quantitative estimate of drug-likeness (QED) is 0.584. The summed E-state index contributed by atoms with van der Waals surface area (Å²) in [5.74, 6) is 0.228. The fourth-order valence-corrected chi connectivity index (χ4v) is 1.96. The summed E-state index contributed by atoms with van der Waals surface area (Å²) in [4.78, 5) is 22.0. The van der Waals surface area contributed by atoms with Crippen molar-refractivity contribution in [1.29, 1.82) is 0 Å². The Kier molecular flexibility index (Phi) is 6.14. The number of hydrogen-bond acceptors (Lipinski definition) is 4. The summed E-state index contributed by atoms with van der Waals surface area (Å²) in [6.45, 7) is 6.15. The smallest absolute Gasteiger partial charge is 0.345 e. The van der Waals surface area contributed by atoms with Gasteiger partial charge in [-0.25, -0.2) is 0 Å². The Morgan fingerprint density at radius 2 is 2.15 bits per heavy atom. The molecule has 1 aromatic heterocycles. The van der Waals surface area contributed by atoms with Gasteiger partial charge in [0.1, 0.15) is 0 Å². The summed E-state index contributed by atoms with van der Waals surface area (Å²) in [7, 11) is 0. The summed E-state index contributed by atoms with van der Waals surface area (Å²) < 4.78 is 1.09. The topological polar surface area (TPSA) is 90.1 Å². The molecule has 0 radical (unpaired) electrons. The van der Waals surface area contributed by atoms with Gasteiger partial charge in [-0.15, -0.1) is 4.68 Å². The molecule has 1 heterocycles. The molecule has 1 atom stereocenters. The van der Waals surface area contributed by atoms with Gasteiger partial charge in [-0.1, -0.05) is 31.8 Å². The van der Waals surface area contributed by atoms with E-state index in [1.54, 1.807) is 0 Å². The van der Waals surface area contributed by atoms with E-state index in [2.05, 4.69) is 24.3 Å². The maximum atomic E-state index is 11.8. The lowest BCUT2D eigenvalue weighted by molar-refractivity contribution is -0.392. The Labute approximate surface area is 118 Å². The molecule has 0 aliphatic rings. The first-order valence-electron chi connectivity index (χ1n) is 6.85. The van der Waals surface area contributed by atoms with E-state index in [9.17, 15) is 14.9 Å². The third kappa shape index (κ3) is 5.38. The molecule has 1 rings (SSSR count). The zero-order valence-corrected chi connectivity index (χ0v) is 12.2. The van der Waals surface area contributed by atoms with Crippen molar-refractivity contribution in [2.24, 2.45) is 5.92 Å².